The van der Waals surface area contributed by atoms with Gasteiger partial charge in [0, 0.05) is 10.4 Å². The van der Waals surface area contributed by atoms with E-state index in [0.717, 1.165) is 10.1 Å². The summed E-state index contributed by atoms with van der Waals surface area (Å²) in [5.74, 6) is -0.983. The lowest BCUT2D eigenvalue weighted by molar-refractivity contribution is -0.115. The number of carboxylic acids is 1. The van der Waals surface area contributed by atoms with Crippen LogP contribution in [-0.4, -0.2) is 28.5 Å². The maximum atomic E-state index is 11.8. The molecular weight excluding hydrogens is 282 g/mol. The Morgan fingerprint density at radius 2 is 2.11 bits per heavy atom. The fraction of sp³-hybridized carbons (Fsp3) is 0.231. The van der Waals surface area contributed by atoms with Gasteiger partial charge >= 0.3 is 5.97 Å². The third-order valence-electron chi connectivity index (χ3n) is 2.72. The summed E-state index contributed by atoms with van der Waals surface area (Å²) in [5.41, 5.74) is 0.688. The maximum absolute atomic E-state index is 11.8. The Bertz CT molecular complexity index is 636. The number of rotatable bonds is 4. The van der Waals surface area contributed by atoms with Crippen molar-refractivity contribution in [2.24, 2.45) is 0 Å². The molecule has 2 aromatic rings. The molecule has 0 aliphatic heterocycles. The number of carbonyl (C=O) groups excluding carboxylic acids is 1. The zero-order valence-electron chi connectivity index (χ0n) is 10.5. The van der Waals surface area contributed by atoms with Crippen molar-refractivity contribution in [3.8, 4) is 0 Å². The zero-order valence-corrected chi connectivity index (χ0v) is 12.1. The predicted molar refractivity (Wildman–Crippen MR) is 80.4 cm³/mol. The van der Waals surface area contributed by atoms with Gasteiger partial charge in [-0.2, -0.15) is 11.8 Å². The number of benzene rings is 1. The summed E-state index contributed by atoms with van der Waals surface area (Å²) in [6.07, 6.45) is 1.88. The Hall–Kier alpha value is -1.53. The van der Waals surface area contributed by atoms with Gasteiger partial charge in [-0.1, -0.05) is 0 Å². The number of fused-ring (bicyclic) bond motifs is 1. The lowest BCUT2D eigenvalue weighted by Gasteiger charge is -2.09. The molecule has 1 heterocycles. The first-order chi connectivity index (χ1) is 9.01. The van der Waals surface area contributed by atoms with Crippen LogP contribution in [0.4, 0.5) is 5.69 Å². The Morgan fingerprint density at radius 3 is 2.74 bits per heavy atom. The molecule has 0 unspecified atom stereocenters. The predicted octanol–water partition coefficient (Wildman–Crippen LogP) is 3.29. The highest BCUT2D eigenvalue weighted by atomic mass is 32.2. The van der Waals surface area contributed by atoms with Crippen molar-refractivity contribution < 1.29 is 14.7 Å². The average molecular weight is 295 g/mol. The van der Waals surface area contributed by atoms with E-state index in [-0.39, 0.29) is 11.2 Å². The number of anilines is 1. The van der Waals surface area contributed by atoms with E-state index in [4.69, 9.17) is 5.11 Å². The SMILES string of the molecule is CS[C@@H](C)C(=O)Nc1ccc2sc(C(=O)O)cc2c1. The monoisotopic (exact) mass is 295 g/mol. The first-order valence-corrected chi connectivity index (χ1v) is 7.72. The summed E-state index contributed by atoms with van der Waals surface area (Å²) in [6.45, 7) is 1.84. The van der Waals surface area contributed by atoms with E-state index in [2.05, 4.69) is 5.32 Å². The summed E-state index contributed by atoms with van der Waals surface area (Å²) in [7, 11) is 0. The van der Waals surface area contributed by atoms with Crippen LogP contribution in [0.25, 0.3) is 10.1 Å². The number of hydrogen-bond acceptors (Lipinski definition) is 4. The van der Waals surface area contributed by atoms with Gasteiger partial charge in [0.25, 0.3) is 0 Å². The van der Waals surface area contributed by atoms with Gasteiger partial charge in [0.05, 0.1) is 5.25 Å². The molecule has 0 fully saturated rings. The van der Waals surface area contributed by atoms with Crippen molar-refractivity contribution >= 4 is 50.7 Å². The number of carboxylic acid groups (broad SMARTS) is 1. The van der Waals surface area contributed by atoms with Gasteiger partial charge in [0.15, 0.2) is 0 Å². The number of thioether (sulfide) groups is 1. The van der Waals surface area contributed by atoms with Crippen LogP contribution in [0.2, 0.25) is 0 Å². The second-order valence-electron chi connectivity index (χ2n) is 4.04. The number of thiophene rings is 1. The fourth-order valence-electron chi connectivity index (χ4n) is 1.58. The van der Waals surface area contributed by atoms with Crippen molar-refractivity contribution in [1.82, 2.24) is 0 Å². The molecule has 0 aliphatic carbocycles. The highest BCUT2D eigenvalue weighted by molar-refractivity contribution is 7.99. The molecule has 2 rings (SSSR count). The van der Waals surface area contributed by atoms with Crippen LogP contribution in [0.15, 0.2) is 24.3 Å². The molecule has 1 aromatic heterocycles. The minimum Gasteiger partial charge on any atom is -0.477 e. The molecule has 1 atom stereocenters. The van der Waals surface area contributed by atoms with Crippen molar-refractivity contribution in [3.05, 3.63) is 29.1 Å². The number of amides is 1. The second kappa shape index (κ2) is 5.63. The molecule has 0 bridgehead atoms. The lowest BCUT2D eigenvalue weighted by atomic mass is 10.2. The smallest absolute Gasteiger partial charge is 0.345 e. The average Bonchev–Trinajstić information content (AvgIpc) is 2.81. The topological polar surface area (TPSA) is 66.4 Å². The van der Waals surface area contributed by atoms with E-state index in [1.807, 2.05) is 19.2 Å². The fourth-order valence-corrected chi connectivity index (χ4v) is 2.73. The molecule has 6 heteroatoms. The molecule has 0 saturated carbocycles. The van der Waals surface area contributed by atoms with Gasteiger partial charge in [0.2, 0.25) is 5.91 Å². The number of nitrogens with one attached hydrogen (secondary N) is 1. The summed E-state index contributed by atoms with van der Waals surface area (Å²) >= 11 is 2.70. The first kappa shape index (κ1) is 13.9. The van der Waals surface area contributed by atoms with Crippen LogP contribution >= 0.6 is 23.1 Å². The number of carbonyl (C=O) groups is 2. The normalized spacial score (nSPS) is 12.3. The van der Waals surface area contributed by atoms with E-state index in [1.165, 1.54) is 23.1 Å². The molecular formula is C13H13NO3S2. The van der Waals surface area contributed by atoms with Gasteiger partial charge in [-0.25, -0.2) is 4.79 Å². The van der Waals surface area contributed by atoms with Crippen molar-refractivity contribution in [2.45, 2.75) is 12.2 Å². The Labute approximate surface area is 118 Å². The van der Waals surface area contributed by atoms with Gasteiger partial charge in [-0.3, -0.25) is 4.79 Å². The van der Waals surface area contributed by atoms with Gasteiger partial charge < -0.3 is 10.4 Å². The van der Waals surface area contributed by atoms with E-state index in [0.29, 0.717) is 10.6 Å². The molecule has 0 spiro atoms. The van der Waals surface area contributed by atoms with Crippen LogP contribution in [0.1, 0.15) is 16.6 Å². The van der Waals surface area contributed by atoms with Crippen molar-refractivity contribution in [1.29, 1.82) is 0 Å². The first-order valence-electron chi connectivity index (χ1n) is 5.62. The quantitative estimate of drug-likeness (QED) is 0.908. The second-order valence-corrected chi connectivity index (χ2v) is 6.30. The minimum absolute atomic E-state index is 0.0551. The van der Waals surface area contributed by atoms with E-state index in [9.17, 15) is 9.59 Å². The molecule has 0 radical (unpaired) electrons. The van der Waals surface area contributed by atoms with Crippen molar-refractivity contribution in [3.63, 3.8) is 0 Å². The van der Waals surface area contributed by atoms with Crippen LogP contribution in [-0.2, 0) is 4.79 Å². The van der Waals surface area contributed by atoms with Crippen LogP contribution in [0, 0.1) is 0 Å². The molecule has 0 saturated heterocycles. The Balaban J connectivity index is 2.26. The molecule has 4 nitrogen and oxygen atoms in total. The van der Waals surface area contributed by atoms with Gasteiger partial charge in [0.1, 0.15) is 4.88 Å². The van der Waals surface area contributed by atoms with Gasteiger partial charge in [-0.15, -0.1) is 11.3 Å². The summed E-state index contributed by atoms with van der Waals surface area (Å²) < 4.78 is 0.897. The van der Waals surface area contributed by atoms with Crippen LogP contribution in [0.3, 0.4) is 0 Å². The summed E-state index contributed by atoms with van der Waals surface area (Å²) in [4.78, 5) is 23.0. The van der Waals surface area contributed by atoms with E-state index >= 15 is 0 Å². The maximum Gasteiger partial charge on any atom is 0.345 e. The number of aromatic carboxylic acids is 1. The summed E-state index contributed by atoms with van der Waals surface area (Å²) in [5, 5.41) is 12.5. The molecule has 1 aromatic carbocycles. The molecule has 19 heavy (non-hydrogen) atoms. The van der Waals surface area contributed by atoms with E-state index in [1.54, 1.807) is 18.2 Å². The lowest BCUT2D eigenvalue weighted by Crippen LogP contribution is -2.21. The van der Waals surface area contributed by atoms with Crippen LogP contribution < -0.4 is 5.32 Å². The third kappa shape index (κ3) is 3.08. The highest BCUT2D eigenvalue weighted by Crippen LogP contribution is 2.28. The zero-order chi connectivity index (χ0) is 14.0. The number of hydrogen-bond donors (Lipinski definition) is 2. The summed E-state index contributed by atoms with van der Waals surface area (Å²) in [6, 6.07) is 7.03. The molecule has 100 valence electrons. The molecule has 0 aliphatic rings. The molecule has 2 N–H and O–H groups in total. The standard InChI is InChI=1S/C13H13NO3S2/c1-7(18-2)12(15)14-9-3-4-10-8(5-9)6-11(19-10)13(16)17/h3-7H,1-2H3,(H,14,15)(H,16,17)/t7-/m0/s1. The molecule has 1 amide bonds. The van der Waals surface area contributed by atoms with Crippen LogP contribution in [0.5, 0.6) is 0 Å². The highest BCUT2D eigenvalue weighted by Gasteiger charge is 2.12. The Morgan fingerprint density at radius 1 is 1.37 bits per heavy atom. The Kier molecular flexibility index (Phi) is 4.11. The minimum atomic E-state index is -0.928. The third-order valence-corrected chi connectivity index (χ3v) is 4.74. The van der Waals surface area contributed by atoms with E-state index < -0.39 is 5.97 Å². The van der Waals surface area contributed by atoms with Gasteiger partial charge in [-0.05, 0) is 42.8 Å². The largest absolute Gasteiger partial charge is 0.477 e. The van der Waals surface area contributed by atoms with Crippen molar-refractivity contribution in [2.75, 3.05) is 11.6 Å².